The van der Waals surface area contributed by atoms with Crippen LogP contribution in [0.5, 0.6) is 0 Å². The first-order chi connectivity index (χ1) is 13.8. The van der Waals surface area contributed by atoms with Crippen molar-refractivity contribution in [2.24, 2.45) is 5.92 Å². The van der Waals surface area contributed by atoms with Gasteiger partial charge in [-0.3, -0.25) is 4.79 Å². The van der Waals surface area contributed by atoms with Crippen LogP contribution in [0.1, 0.15) is 24.1 Å². The lowest BCUT2D eigenvalue weighted by atomic mass is 9.87. The predicted molar refractivity (Wildman–Crippen MR) is 108 cm³/mol. The highest BCUT2D eigenvalue weighted by atomic mass is 32.2. The summed E-state index contributed by atoms with van der Waals surface area (Å²) in [7, 11) is -3.50. The van der Waals surface area contributed by atoms with Crippen LogP contribution in [0.2, 0.25) is 0 Å². The summed E-state index contributed by atoms with van der Waals surface area (Å²) >= 11 is 0. The van der Waals surface area contributed by atoms with E-state index in [1.165, 1.54) is 24.3 Å². The second-order valence-electron chi connectivity index (χ2n) is 7.58. The number of aromatic nitrogens is 1. The van der Waals surface area contributed by atoms with Gasteiger partial charge in [0.25, 0.3) is 0 Å². The first kappa shape index (κ1) is 19.6. The van der Waals surface area contributed by atoms with Gasteiger partial charge in [0.05, 0.1) is 17.1 Å². The Balaban J connectivity index is 1.62. The Labute approximate surface area is 168 Å². The Morgan fingerprint density at radius 2 is 1.86 bits per heavy atom. The lowest BCUT2D eigenvalue weighted by Gasteiger charge is -2.24. The van der Waals surface area contributed by atoms with Gasteiger partial charge in [-0.25, -0.2) is 12.8 Å². The molecule has 0 fully saturated rings. The second-order valence-corrected chi connectivity index (χ2v) is 9.62. The van der Waals surface area contributed by atoms with Crippen molar-refractivity contribution in [1.29, 1.82) is 0 Å². The molecule has 0 aliphatic heterocycles. The minimum atomic E-state index is -3.50. The molecule has 5 nitrogen and oxygen atoms in total. The molecular weight excluding hydrogens is 393 g/mol. The number of aliphatic carboxylic acids is 1. The summed E-state index contributed by atoms with van der Waals surface area (Å²) in [5, 5.41) is 10.1. The van der Waals surface area contributed by atoms with Crippen molar-refractivity contribution >= 4 is 26.7 Å². The molecule has 0 saturated carbocycles. The van der Waals surface area contributed by atoms with E-state index in [4.69, 9.17) is 5.11 Å². The number of halogens is 1. The molecule has 1 N–H and O–H groups in total. The third kappa shape index (κ3) is 3.92. The van der Waals surface area contributed by atoms with Gasteiger partial charge in [0.2, 0.25) is 0 Å². The number of hydrogen-bond donors (Lipinski definition) is 1. The van der Waals surface area contributed by atoms with Gasteiger partial charge in [-0.2, -0.15) is 0 Å². The number of carboxylic acid groups (broad SMARTS) is 1. The Morgan fingerprint density at radius 3 is 2.59 bits per heavy atom. The minimum absolute atomic E-state index is 0.0205. The Hall–Kier alpha value is -2.67. The number of nitrogens with zero attached hydrogens (tertiary/aromatic N) is 1. The van der Waals surface area contributed by atoms with Crippen LogP contribution in [0.4, 0.5) is 4.39 Å². The van der Waals surface area contributed by atoms with Gasteiger partial charge in [-0.1, -0.05) is 18.2 Å². The summed E-state index contributed by atoms with van der Waals surface area (Å²) in [6.07, 6.45) is 2.12. The topological polar surface area (TPSA) is 76.4 Å². The van der Waals surface area contributed by atoms with E-state index in [1.54, 1.807) is 0 Å². The molecular formula is C22H22FNO4S. The maximum absolute atomic E-state index is 13.1. The van der Waals surface area contributed by atoms with E-state index in [0.717, 1.165) is 28.6 Å². The van der Waals surface area contributed by atoms with Crippen molar-refractivity contribution in [3.63, 3.8) is 0 Å². The maximum atomic E-state index is 13.1. The highest BCUT2D eigenvalue weighted by molar-refractivity contribution is 7.91. The van der Waals surface area contributed by atoms with Crippen LogP contribution in [0, 0.1) is 11.7 Å². The second kappa shape index (κ2) is 7.63. The van der Waals surface area contributed by atoms with E-state index in [9.17, 15) is 17.6 Å². The number of para-hydroxylation sites is 1. The van der Waals surface area contributed by atoms with Crippen LogP contribution in [-0.2, 0) is 34.0 Å². The highest BCUT2D eigenvalue weighted by Gasteiger charge is 2.29. The molecule has 1 aromatic heterocycles. The van der Waals surface area contributed by atoms with Crippen LogP contribution in [-0.4, -0.2) is 29.8 Å². The van der Waals surface area contributed by atoms with Crippen molar-refractivity contribution in [1.82, 2.24) is 4.57 Å². The number of aryl methyl sites for hydroxylation is 1. The SMILES string of the molecule is O=C(O)CCn1c2c(c3ccccc31)C[C@H](CS(=O)(=O)c1ccc(F)cc1)CC2. The normalized spacial score (nSPS) is 16.7. The van der Waals surface area contributed by atoms with Crippen LogP contribution < -0.4 is 0 Å². The lowest BCUT2D eigenvalue weighted by Crippen LogP contribution is -2.24. The first-order valence-corrected chi connectivity index (χ1v) is 11.3. The summed E-state index contributed by atoms with van der Waals surface area (Å²) in [6, 6.07) is 12.9. The molecule has 7 heteroatoms. The largest absolute Gasteiger partial charge is 0.481 e. The smallest absolute Gasteiger partial charge is 0.305 e. The minimum Gasteiger partial charge on any atom is -0.481 e. The monoisotopic (exact) mass is 415 g/mol. The average Bonchev–Trinajstić information content (AvgIpc) is 2.99. The lowest BCUT2D eigenvalue weighted by molar-refractivity contribution is -0.137. The molecule has 0 bridgehead atoms. The number of sulfone groups is 1. The predicted octanol–water partition coefficient (Wildman–Crippen LogP) is 3.83. The molecule has 1 aliphatic rings. The van der Waals surface area contributed by atoms with Crippen molar-refractivity contribution in [2.75, 3.05) is 5.75 Å². The standard InChI is InChI=1S/C22H22FNO4S/c23-16-6-8-17(9-7-16)29(27,28)14-15-5-10-21-19(13-15)18-3-1-2-4-20(18)24(21)12-11-22(25)26/h1-4,6-9,15H,5,10-14H2,(H,25,26)/t15-/m1/s1. The molecule has 0 unspecified atom stereocenters. The van der Waals surface area contributed by atoms with Crippen molar-refractivity contribution in [3.8, 4) is 0 Å². The van der Waals surface area contributed by atoms with E-state index < -0.39 is 21.6 Å². The number of carbonyl (C=O) groups is 1. The third-order valence-electron chi connectivity index (χ3n) is 5.65. The molecule has 0 spiro atoms. The van der Waals surface area contributed by atoms with E-state index in [2.05, 4.69) is 4.57 Å². The number of benzene rings is 2. The Morgan fingerprint density at radius 1 is 1.14 bits per heavy atom. The molecule has 4 rings (SSSR count). The first-order valence-electron chi connectivity index (χ1n) is 9.64. The maximum Gasteiger partial charge on any atom is 0.305 e. The summed E-state index contributed by atoms with van der Waals surface area (Å²) in [5.41, 5.74) is 3.24. The Kier molecular flexibility index (Phi) is 5.17. The summed E-state index contributed by atoms with van der Waals surface area (Å²) in [6.45, 7) is 0.406. The molecule has 0 saturated heterocycles. The van der Waals surface area contributed by atoms with Crippen LogP contribution in [0.3, 0.4) is 0 Å². The fourth-order valence-corrected chi connectivity index (χ4v) is 5.98. The summed E-state index contributed by atoms with van der Waals surface area (Å²) < 4.78 is 40.8. The van der Waals surface area contributed by atoms with Crippen molar-refractivity contribution in [3.05, 3.63) is 65.6 Å². The molecule has 0 amide bonds. The number of hydrogen-bond acceptors (Lipinski definition) is 3. The summed E-state index contributed by atoms with van der Waals surface area (Å²) in [4.78, 5) is 11.2. The Bertz CT molecular complexity index is 1170. The molecule has 1 heterocycles. The van der Waals surface area contributed by atoms with Crippen molar-refractivity contribution in [2.45, 2.75) is 37.1 Å². The van der Waals surface area contributed by atoms with E-state index in [-0.39, 0.29) is 23.0 Å². The van der Waals surface area contributed by atoms with Crippen LogP contribution >= 0.6 is 0 Å². The quantitative estimate of drug-likeness (QED) is 0.621. The van der Waals surface area contributed by atoms with Gasteiger partial charge in [-0.15, -0.1) is 0 Å². The van der Waals surface area contributed by atoms with Gasteiger partial charge in [-0.05, 0) is 61.1 Å². The highest BCUT2D eigenvalue weighted by Crippen LogP contribution is 2.35. The molecule has 1 aliphatic carbocycles. The number of fused-ring (bicyclic) bond motifs is 3. The molecule has 29 heavy (non-hydrogen) atoms. The van der Waals surface area contributed by atoms with Gasteiger partial charge in [0.15, 0.2) is 9.84 Å². The van der Waals surface area contributed by atoms with Gasteiger partial charge >= 0.3 is 5.97 Å². The fourth-order valence-electron chi connectivity index (χ4n) is 4.33. The molecule has 3 aromatic rings. The fraction of sp³-hybridized carbons (Fsp3) is 0.318. The van der Waals surface area contributed by atoms with Crippen LogP contribution in [0.15, 0.2) is 53.4 Å². The summed E-state index contributed by atoms with van der Waals surface area (Å²) in [5.74, 6) is -1.31. The van der Waals surface area contributed by atoms with Gasteiger partial charge in [0, 0.05) is 23.1 Å². The van der Waals surface area contributed by atoms with Gasteiger partial charge in [0.1, 0.15) is 5.82 Å². The number of rotatable bonds is 6. The molecule has 0 radical (unpaired) electrons. The number of carboxylic acids is 1. The van der Waals surface area contributed by atoms with E-state index in [0.29, 0.717) is 19.4 Å². The third-order valence-corrected chi connectivity index (χ3v) is 7.55. The molecule has 1 atom stereocenters. The molecule has 152 valence electrons. The van der Waals surface area contributed by atoms with E-state index >= 15 is 0 Å². The van der Waals surface area contributed by atoms with Gasteiger partial charge < -0.3 is 9.67 Å². The van der Waals surface area contributed by atoms with Crippen molar-refractivity contribution < 1.29 is 22.7 Å². The molecule has 2 aromatic carbocycles. The zero-order valence-electron chi connectivity index (χ0n) is 15.8. The zero-order chi connectivity index (χ0) is 20.6. The average molecular weight is 415 g/mol. The zero-order valence-corrected chi connectivity index (χ0v) is 16.7. The van der Waals surface area contributed by atoms with Crippen LogP contribution in [0.25, 0.3) is 10.9 Å². The van der Waals surface area contributed by atoms with E-state index in [1.807, 2.05) is 24.3 Å².